The van der Waals surface area contributed by atoms with Gasteiger partial charge in [-0.25, -0.2) is 0 Å². The van der Waals surface area contributed by atoms with Crippen LogP contribution in [-0.2, 0) is 10.2 Å². The predicted molar refractivity (Wildman–Crippen MR) is 85.1 cm³/mol. The Morgan fingerprint density at radius 1 is 1.30 bits per heavy atom. The van der Waals surface area contributed by atoms with E-state index in [-0.39, 0.29) is 5.41 Å². The fourth-order valence-corrected chi connectivity index (χ4v) is 3.21. The molecule has 2 rings (SSSR count). The largest absolute Gasteiger partial charge is 0.378 e. The van der Waals surface area contributed by atoms with E-state index in [4.69, 9.17) is 4.74 Å². The molecule has 0 spiro atoms. The minimum atomic E-state index is 0.220. The fourth-order valence-electron chi connectivity index (χ4n) is 3.21. The normalized spacial score (nSPS) is 21.1. The maximum atomic E-state index is 5.66. The van der Waals surface area contributed by atoms with E-state index in [9.17, 15) is 0 Å². The molecule has 0 aliphatic carbocycles. The zero-order valence-electron chi connectivity index (χ0n) is 13.2. The molecule has 0 bridgehead atoms. The Morgan fingerprint density at radius 2 is 2.05 bits per heavy atom. The van der Waals surface area contributed by atoms with Crippen molar-refractivity contribution in [2.24, 2.45) is 0 Å². The van der Waals surface area contributed by atoms with Crippen LogP contribution in [0.1, 0.15) is 52.0 Å². The van der Waals surface area contributed by atoms with Crippen molar-refractivity contribution in [3.05, 3.63) is 35.9 Å². The Kier molecular flexibility index (Phi) is 5.62. The number of benzene rings is 1. The highest BCUT2D eigenvalue weighted by molar-refractivity contribution is 5.23. The van der Waals surface area contributed by atoms with Crippen molar-refractivity contribution in [3.8, 4) is 0 Å². The van der Waals surface area contributed by atoms with E-state index in [2.05, 4.69) is 56.4 Å². The SMILES string of the molecule is CC(CC(C)(C)c1ccccc1)NCCC1CCCO1. The van der Waals surface area contributed by atoms with E-state index in [1.807, 2.05) is 0 Å². The lowest BCUT2D eigenvalue weighted by Gasteiger charge is -2.29. The first-order valence-corrected chi connectivity index (χ1v) is 7.98. The summed E-state index contributed by atoms with van der Waals surface area (Å²) in [4.78, 5) is 0. The highest BCUT2D eigenvalue weighted by Crippen LogP contribution is 2.28. The molecule has 1 fully saturated rings. The van der Waals surface area contributed by atoms with Crippen LogP contribution in [0, 0.1) is 0 Å². The van der Waals surface area contributed by atoms with Crippen LogP contribution in [0.2, 0.25) is 0 Å². The summed E-state index contributed by atoms with van der Waals surface area (Å²) >= 11 is 0. The van der Waals surface area contributed by atoms with Gasteiger partial charge in [-0.1, -0.05) is 44.2 Å². The summed E-state index contributed by atoms with van der Waals surface area (Å²) in [6, 6.07) is 11.4. The van der Waals surface area contributed by atoms with Gasteiger partial charge in [0.25, 0.3) is 0 Å². The van der Waals surface area contributed by atoms with Crippen molar-refractivity contribution in [2.45, 2.75) is 64.0 Å². The second-order valence-electron chi connectivity index (χ2n) is 6.73. The zero-order chi connectivity index (χ0) is 14.4. The van der Waals surface area contributed by atoms with Crippen molar-refractivity contribution < 1.29 is 4.74 Å². The van der Waals surface area contributed by atoms with Crippen LogP contribution in [0.25, 0.3) is 0 Å². The molecule has 1 saturated heterocycles. The molecular weight excluding hydrogens is 246 g/mol. The lowest BCUT2D eigenvalue weighted by Crippen LogP contribution is -2.34. The van der Waals surface area contributed by atoms with Crippen LogP contribution >= 0.6 is 0 Å². The molecule has 20 heavy (non-hydrogen) atoms. The molecule has 1 aromatic rings. The van der Waals surface area contributed by atoms with E-state index in [0.29, 0.717) is 12.1 Å². The van der Waals surface area contributed by atoms with Gasteiger partial charge in [0.1, 0.15) is 0 Å². The van der Waals surface area contributed by atoms with Gasteiger partial charge in [-0.3, -0.25) is 0 Å². The van der Waals surface area contributed by atoms with Gasteiger partial charge < -0.3 is 10.1 Å². The first kappa shape index (κ1) is 15.5. The first-order chi connectivity index (χ1) is 9.58. The first-order valence-electron chi connectivity index (χ1n) is 7.98. The van der Waals surface area contributed by atoms with Crippen molar-refractivity contribution in [1.29, 1.82) is 0 Å². The molecule has 0 radical (unpaired) electrons. The molecule has 112 valence electrons. The van der Waals surface area contributed by atoms with Crippen LogP contribution in [0.3, 0.4) is 0 Å². The Labute approximate surface area is 123 Å². The maximum Gasteiger partial charge on any atom is 0.0588 e. The molecule has 1 N–H and O–H groups in total. The second kappa shape index (κ2) is 7.24. The number of ether oxygens (including phenoxy) is 1. The molecule has 0 aromatic heterocycles. The van der Waals surface area contributed by atoms with E-state index in [0.717, 1.165) is 26.0 Å². The van der Waals surface area contributed by atoms with E-state index in [1.165, 1.54) is 18.4 Å². The molecule has 1 heterocycles. The molecule has 2 nitrogen and oxygen atoms in total. The smallest absolute Gasteiger partial charge is 0.0588 e. The van der Waals surface area contributed by atoms with Crippen LogP contribution in [0.15, 0.2) is 30.3 Å². The summed E-state index contributed by atoms with van der Waals surface area (Å²) in [5.41, 5.74) is 1.64. The molecule has 2 heteroatoms. The van der Waals surface area contributed by atoms with Gasteiger partial charge in [0.2, 0.25) is 0 Å². The van der Waals surface area contributed by atoms with Gasteiger partial charge in [-0.15, -0.1) is 0 Å². The monoisotopic (exact) mass is 275 g/mol. The lowest BCUT2D eigenvalue weighted by molar-refractivity contribution is 0.103. The number of rotatable bonds is 7. The Bertz CT molecular complexity index is 382. The number of hydrogen-bond donors (Lipinski definition) is 1. The molecule has 0 amide bonds. The van der Waals surface area contributed by atoms with Crippen LogP contribution in [0.5, 0.6) is 0 Å². The number of hydrogen-bond acceptors (Lipinski definition) is 2. The topological polar surface area (TPSA) is 21.3 Å². The molecule has 1 aliphatic heterocycles. The van der Waals surface area contributed by atoms with Crippen LogP contribution in [-0.4, -0.2) is 25.3 Å². The van der Waals surface area contributed by atoms with Crippen molar-refractivity contribution >= 4 is 0 Å². The zero-order valence-corrected chi connectivity index (χ0v) is 13.2. The minimum Gasteiger partial charge on any atom is -0.378 e. The van der Waals surface area contributed by atoms with Crippen LogP contribution in [0.4, 0.5) is 0 Å². The summed E-state index contributed by atoms with van der Waals surface area (Å²) in [6.45, 7) is 8.99. The van der Waals surface area contributed by atoms with E-state index < -0.39 is 0 Å². The third kappa shape index (κ3) is 4.60. The molecule has 1 aromatic carbocycles. The molecule has 2 atom stereocenters. The molecular formula is C18H29NO. The quantitative estimate of drug-likeness (QED) is 0.815. The van der Waals surface area contributed by atoms with Crippen molar-refractivity contribution in [2.75, 3.05) is 13.2 Å². The van der Waals surface area contributed by atoms with Gasteiger partial charge in [-0.05, 0) is 50.1 Å². The van der Waals surface area contributed by atoms with E-state index >= 15 is 0 Å². The summed E-state index contributed by atoms with van der Waals surface area (Å²) in [5, 5.41) is 3.66. The molecule has 0 saturated carbocycles. The second-order valence-corrected chi connectivity index (χ2v) is 6.73. The summed E-state index contributed by atoms with van der Waals surface area (Å²) < 4.78 is 5.66. The Balaban J connectivity index is 1.74. The Morgan fingerprint density at radius 3 is 2.70 bits per heavy atom. The fraction of sp³-hybridized carbons (Fsp3) is 0.667. The third-order valence-corrected chi connectivity index (χ3v) is 4.35. The lowest BCUT2D eigenvalue weighted by atomic mass is 9.79. The van der Waals surface area contributed by atoms with Gasteiger partial charge in [0.05, 0.1) is 6.10 Å². The van der Waals surface area contributed by atoms with Gasteiger partial charge >= 0.3 is 0 Å². The number of nitrogens with one attached hydrogen (secondary N) is 1. The van der Waals surface area contributed by atoms with Crippen LogP contribution < -0.4 is 5.32 Å². The highest BCUT2D eigenvalue weighted by Gasteiger charge is 2.23. The van der Waals surface area contributed by atoms with E-state index in [1.54, 1.807) is 0 Å². The predicted octanol–water partition coefficient (Wildman–Crippen LogP) is 3.90. The molecule has 1 aliphatic rings. The highest BCUT2D eigenvalue weighted by atomic mass is 16.5. The molecule has 2 unspecified atom stereocenters. The van der Waals surface area contributed by atoms with Gasteiger partial charge in [-0.2, -0.15) is 0 Å². The van der Waals surface area contributed by atoms with Gasteiger partial charge in [0, 0.05) is 12.6 Å². The average Bonchev–Trinajstić information content (AvgIpc) is 2.92. The average molecular weight is 275 g/mol. The standard InChI is InChI=1S/C18H29NO/c1-15(19-12-11-17-10-7-13-20-17)14-18(2,3)16-8-5-4-6-9-16/h4-6,8-9,15,17,19H,7,10-14H2,1-3H3. The minimum absolute atomic E-state index is 0.220. The summed E-state index contributed by atoms with van der Waals surface area (Å²) in [5.74, 6) is 0. The Hall–Kier alpha value is -0.860. The maximum absolute atomic E-state index is 5.66. The summed E-state index contributed by atoms with van der Waals surface area (Å²) in [6.07, 6.45) is 5.28. The summed E-state index contributed by atoms with van der Waals surface area (Å²) in [7, 11) is 0. The third-order valence-electron chi connectivity index (χ3n) is 4.35. The van der Waals surface area contributed by atoms with Crippen molar-refractivity contribution in [3.63, 3.8) is 0 Å². The van der Waals surface area contributed by atoms with Crippen molar-refractivity contribution in [1.82, 2.24) is 5.32 Å². The van der Waals surface area contributed by atoms with Gasteiger partial charge in [0.15, 0.2) is 0 Å².